The van der Waals surface area contributed by atoms with Gasteiger partial charge < -0.3 is 14.0 Å². The van der Waals surface area contributed by atoms with Crippen LogP contribution >= 0.6 is 27.7 Å². The van der Waals surface area contributed by atoms with Crippen LogP contribution in [-0.4, -0.2) is 21.9 Å². The monoisotopic (exact) mass is 433 g/mol. The normalized spacial score (nSPS) is 12.0. The molecule has 1 unspecified atom stereocenters. The molecule has 0 fully saturated rings. The van der Waals surface area contributed by atoms with Crippen molar-refractivity contribution in [3.8, 4) is 11.5 Å². The van der Waals surface area contributed by atoms with Gasteiger partial charge in [0.05, 0.1) is 7.11 Å². The van der Waals surface area contributed by atoms with Gasteiger partial charge in [-0.1, -0.05) is 39.8 Å². The quantitative estimate of drug-likeness (QED) is 0.489. The third kappa shape index (κ3) is 4.59. The van der Waals surface area contributed by atoms with Crippen LogP contribution in [0.5, 0.6) is 11.5 Å². The van der Waals surface area contributed by atoms with Crippen LogP contribution in [0.25, 0.3) is 0 Å². The number of methoxy groups -OCH3 is 1. The van der Waals surface area contributed by atoms with Crippen LogP contribution in [0, 0.1) is 0 Å². The number of hydrogen-bond acceptors (Lipinski definition) is 5. The first-order chi connectivity index (χ1) is 12.6. The molecule has 0 saturated carbocycles. The van der Waals surface area contributed by atoms with E-state index in [1.807, 2.05) is 61.0 Å². The van der Waals surface area contributed by atoms with E-state index in [4.69, 9.17) is 9.47 Å². The van der Waals surface area contributed by atoms with Crippen molar-refractivity contribution >= 4 is 27.7 Å². The lowest BCUT2D eigenvalue weighted by atomic mass is 10.2. The molecule has 1 aromatic heterocycles. The molecule has 7 heteroatoms. The number of hydrogen-bond donors (Lipinski definition) is 0. The van der Waals surface area contributed by atoms with Crippen molar-refractivity contribution in [3.63, 3.8) is 0 Å². The van der Waals surface area contributed by atoms with Crippen LogP contribution in [0.3, 0.4) is 0 Å². The van der Waals surface area contributed by atoms with E-state index in [0.29, 0.717) is 0 Å². The summed E-state index contributed by atoms with van der Waals surface area (Å²) >= 11 is 5.06. The summed E-state index contributed by atoms with van der Waals surface area (Å²) in [6.45, 7) is 1.97. The average molecular weight is 434 g/mol. The highest BCUT2D eigenvalue weighted by molar-refractivity contribution is 9.10. The predicted octanol–water partition coefficient (Wildman–Crippen LogP) is 5.02. The highest BCUT2D eigenvalue weighted by atomic mass is 79.9. The number of nitrogens with zero attached hydrogens (tertiary/aromatic N) is 3. The van der Waals surface area contributed by atoms with Gasteiger partial charge in [0.1, 0.15) is 11.5 Å². The first kappa shape index (κ1) is 18.8. The zero-order valence-corrected chi connectivity index (χ0v) is 17.3. The van der Waals surface area contributed by atoms with Crippen molar-refractivity contribution in [2.75, 3.05) is 7.11 Å². The van der Waals surface area contributed by atoms with Gasteiger partial charge in [0.15, 0.2) is 17.1 Å². The van der Waals surface area contributed by atoms with Crippen molar-refractivity contribution in [2.24, 2.45) is 7.05 Å². The Hall–Kier alpha value is -1.99. The molecule has 1 heterocycles. The molecule has 5 nitrogen and oxygen atoms in total. The molecule has 0 aliphatic rings. The summed E-state index contributed by atoms with van der Waals surface area (Å²) in [5, 5.41) is 9.47. The molecule has 0 spiro atoms. The first-order valence-electron chi connectivity index (χ1n) is 8.14. The largest absolute Gasteiger partial charge is 0.497 e. The number of ether oxygens (including phenoxy) is 2. The lowest BCUT2D eigenvalue weighted by Gasteiger charge is -2.14. The first-order valence-corrected chi connectivity index (χ1v) is 9.92. The fourth-order valence-electron chi connectivity index (χ4n) is 2.49. The van der Waals surface area contributed by atoms with Crippen molar-refractivity contribution in [1.29, 1.82) is 0 Å². The minimum atomic E-state index is -0.195. The van der Waals surface area contributed by atoms with Gasteiger partial charge in [0.2, 0.25) is 0 Å². The summed E-state index contributed by atoms with van der Waals surface area (Å²) in [5.74, 6) is 3.25. The van der Waals surface area contributed by atoms with E-state index in [-0.39, 0.29) is 6.10 Å². The zero-order chi connectivity index (χ0) is 18.5. The summed E-state index contributed by atoms with van der Waals surface area (Å²) in [4.78, 5) is 0. The maximum absolute atomic E-state index is 5.97. The number of thioether (sulfide) groups is 1. The highest BCUT2D eigenvalue weighted by Crippen LogP contribution is 2.27. The van der Waals surface area contributed by atoms with E-state index < -0.39 is 0 Å². The molecule has 0 radical (unpaired) electrons. The van der Waals surface area contributed by atoms with E-state index >= 15 is 0 Å². The lowest BCUT2D eigenvalue weighted by molar-refractivity contribution is 0.211. The van der Waals surface area contributed by atoms with Gasteiger partial charge in [-0.3, -0.25) is 0 Å². The lowest BCUT2D eigenvalue weighted by Crippen LogP contribution is -2.10. The van der Waals surface area contributed by atoms with Crippen molar-refractivity contribution < 1.29 is 9.47 Å². The maximum atomic E-state index is 5.97. The summed E-state index contributed by atoms with van der Waals surface area (Å²) in [6, 6.07) is 15.8. The summed E-state index contributed by atoms with van der Waals surface area (Å²) < 4.78 is 14.2. The summed E-state index contributed by atoms with van der Waals surface area (Å²) in [5.41, 5.74) is 1.18. The topological polar surface area (TPSA) is 49.2 Å². The van der Waals surface area contributed by atoms with Gasteiger partial charge in [-0.05, 0) is 48.9 Å². The molecular formula is C19H20BrN3O2S. The SMILES string of the molecule is COc1cccc(CSc2nnc(C(C)Oc3ccc(Br)cc3)n2C)c1. The van der Waals surface area contributed by atoms with Crippen LogP contribution in [0.15, 0.2) is 58.2 Å². The van der Waals surface area contributed by atoms with Gasteiger partial charge in [-0.2, -0.15) is 0 Å². The van der Waals surface area contributed by atoms with Crippen LogP contribution < -0.4 is 9.47 Å². The second kappa shape index (κ2) is 8.60. The fraction of sp³-hybridized carbons (Fsp3) is 0.263. The molecule has 3 aromatic rings. The molecule has 26 heavy (non-hydrogen) atoms. The summed E-state index contributed by atoms with van der Waals surface area (Å²) in [7, 11) is 3.64. The van der Waals surface area contributed by atoms with E-state index in [1.54, 1.807) is 18.9 Å². The number of halogens is 1. The van der Waals surface area contributed by atoms with Gasteiger partial charge in [0.25, 0.3) is 0 Å². The average Bonchev–Trinajstić information content (AvgIpc) is 3.03. The van der Waals surface area contributed by atoms with E-state index in [0.717, 1.165) is 32.7 Å². The molecule has 0 aliphatic heterocycles. The molecule has 0 N–H and O–H groups in total. The zero-order valence-electron chi connectivity index (χ0n) is 14.8. The van der Waals surface area contributed by atoms with Crippen molar-refractivity contribution in [1.82, 2.24) is 14.8 Å². The Morgan fingerprint density at radius 1 is 1.12 bits per heavy atom. The second-order valence-electron chi connectivity index (χ2n) is 5.75. The van der Waals surface area contributed by atoms with Gasteiger partial charge in [-0.15, -0.1) is 10.2 Å². The van der Waals surface area contributed by atoms with E-state index in [1.165, 1.54) is 5.56 Å². The fourth-order valence-corrected chi connectivity index (χ4v) is 3.61. The molecule has 1 atom stereocenters. The highest BCUT2D eigenvalue weighted by Gasteiger charge is 2.17. The van der Waals surface area contributed by atoms with Gasteiger partial charge >= 0.3 is 0 Å². The Balaban J connectivity index is 1.65. The molecule has 3 rings (SSSR count). The third-order valence-electron chi connectivity index (χ3n) is 3.86. The minimum Gasteiger partial charge on any atom is -0.497 e. The second-order valence-corrected chi connectivity index (χ2v) is 7.61. The molecule has 0 bridgehead atoms. The molecule has 2 aromatic carbocycles. The Morgan fingerprint density at radius 2 is 1.88 bits per heavy atom. The van der Waals surface area contributed by atoms with Crippen LogP contribution in [0.4, 0.5) is 0 Å². The number of aromatic nitrogens is 3. The Kier molecular flexibility index (Phi) is 6.21. The minimum absolute atomic E-state index is 0.195. The van der Waals surface area contributed by atoms with Crippen LogP contribution in [0.1, 0.15) is 24.4 Å². The van der Waals surface area contributed by atoms with E-state index in [9.17, 15) is 0 Å². The summed E-state index contributed by atoms with van der Waals surface area (Å²) in [6.07, 6.45) is -0.195. The van der Waals surface area contributed by atoms with Crippen LogP contribution in [-0.2, 0) is 12.8 Å². The Morgan fingerprint density at radius 3 is 2.62 bits per heavy atom. The molecule has 0 aliphatic carbocycles. The van der Waals surface area contributed by atoms with Gasteiger partial charge in [0, 0.05) is 17.3 Å². The third-order valence-corrected chi connectivity index (χ3v) is 5.48. The molecule has 0 amide bonds. The van der Waals surface area contributed by atoms with Crippen LogP contribution in [0.2, 0.25) is 0 Å². The van der Waals surface area contributed by atoms with Crippen molar-refractivity contribution in [2.45, 2.75) is 23.9 Å². The van der Waals surface area contributed by atoms with Gasteiger partial charge in [-0.25, -0.2) is 0 Å². The maximum Gasteiger partial charge on any atom is 0.191 e. The number of benzene rings is 2. The Labute approximate surface area is 165 Å². The number of rotatable bonds is 7. The predicted molar refractivity (Wildman–Crippen MR) is 107 cm³/mol. The van der Waals surface area contributed by atoms with Crippen molar-refractivity contribution in [3.05, 3.63) is 64.4 Å². The standard InChI is InChI=1S/C19H20BrN3O2S/c1-13(25-16-9-7-15(20)8-10-16)18-21-22-19(23(18)2)26-12-14-5-4-6-17(11-14)24-3/h4-11,13H,12H2,1-3H3. The smallest absolute Gasteiger partial charge is 0.191 e. The molecular weight excluding hydrogens is 414 g/mol. The molecule has 0 saturated heterocycles. The van der Waals surface area contributed by atoms with E-state index in [2.05, 4.69) is 32.2 Å². The molecule has 136 valence electrons. The Bertz CT molecular complexity index is 867.